The van der Waals surface area contributed by atoms with Crippen molar-refractivity contribution < 1.29 is 18.7 Å². The van der Waals surface area contributed by atoms with Crippen molar-refractivity contribution in [3.63, 3.8) is 0 Å². The van der Waals surface area contributed by atoms with Crippen molar-refractivity contribution in [1.29, 1.82) is 0 Å². The van der Waals surface area contributed by atoms with Crippen LogP contribution in [0, 0.1) is 11.7 Å². The Hall–Kier alpha value is -3.15. The van der Waals surface area contributed by atoms with Crippen molar-refractivity contribution >= 4 is 17.4 Å². The van der Waals surface area contributed by atoms with Crippen molar-refractivity contribution in [2.24, 2.45) is 5.92 Å². The van der Waals surface area contributed by atoms with Gasteiger partial charge in [-0.05, 0) is 54.2 Å². The summed E-state index contributed by atoms with van der Waals surface area (Å²) in [6.07, 6.45) is 1.97. The quantitative estimate of drug-likeness (QED) is 0.706. The molecule has 0 bridgehead atoms. The maximum atomic E-state index is 13.4. The smallest absolute Gasteiger partial charge is 0.278 e. The van der Waals surface area contributed by atoms with Gasteiger partial charge in [-0.3, -0.25) is 14.5 Å². The van der Waals surface area contributed by atoms with Gasteiger partial charge in [-0.25, -0.2) is 4.39 Å². The molecule has 2 amide bonds. The Labute approximate surface area is 175 Å². The fourth-order valence-corrected chi connectivity index (χ4v) is 4.02. The first-order valence-corrected chi connectivity index (χ1v) is 10.2. The highest BCUT2D eigenvalue weighted by molar-refractivity contribution is 6.35. The molecule has 4 rings (SSSR count). The van der Waals surface area contributed by atoms with Crippen LogP contribution >= 0.6 is 0 Å². The second-order valence-electron chi connectivity index (χ2n) is 7.94. The highest BCUT2D eigenvalue weighted by atomic mass is 19.1. The maximum absolute atomic E-state index is 13.4. The molecule has 2 aromatic carbocycles. The summed E-state index contributed by atoms with van der Waals surface area (Å²) in [4.78, 5) is 30.1. The average molecular weight is 408 g/mol. The minimum atomic E-state index is -0.349. The van der Waals surface area contributed by atoms with Crippen LogP contribution in [0.5, 0.6) is 5.75 Å². The fraction of sp³-hybridized carbons (Fsp3) is 0.333. The van der Waals surface area contributed by atoms with E-state index in [2.05, 4.69) is 6.92 Å². The Kier molecular flexibility index (Phi) is 5.57. The average Bonchev–Trinajstić information content (AvgIpc) is 3.00. The summed E-state index contributed by atoms with van der Waals surface area (Å²) in [5.74, 6) is 0.340. The van der Waals surface area contributed by atoms with Crippen LogP contribution in [0.2, 0.25) is 0 Å². The number of benzene rings is 2. The van der Waals surface area contributed by atoms with Gasteiger partial charge in [0.25, 0.3) is 11.8 Å². The topological polar surface area (TPSA) is 49.9 Å². The standard InChI is InChI=1S/C24H25FN2O3/c1-16-11-13-26(14-12-16)22-21(18-5-9-20(30-2)10-6-18)23(28)27(24(22)29)15-17-3-7-19(25)8-4-17/h3-10,16H,11-15H2,1-2H3. The van der Waals surface area contributed by atoms with Gasteiger partial charge < -0.3 is 9.64 Å². The number of hydrogen-bond acceptors (Lipinski definition) is 4. The van der Waals surface area contributed by atoms with Gasteiger partial charge in [-0.2, -0.15) is 0 Å². The van der Waals surface area contributed by atoms with E-state index in [4.69, 9.17) is 4.74 Å². The van der Waals surface area contributed by atoms with E-state index in [-0.39, 0.29) is 24.2 Å². The van der Waals surface area contributed by atoms with E-state index in [1.165, 1.54) is 17.0 Å². The largest absolute Gasteiger partial charge is 0.497 e. The number of ether oxygens (including phenoxy) is 1. The highest BCUT2D eigenvalue weighted by Gasteiger charge is 2.42. The van der Waals surface area contributed by atoms with Crippen LogP contribution in [0.25, 0.3) is 5.57 Å². The molecule has 5 nitrogen and oxygen atoms in total. The summed E-state index contributed by atoms with van der Waals surface area (Å²) in [7, 11) is 1.59. The monoisotopic (exact) mass is 408 g/mol. The van der Waals surface area contributed by atoms with Crippen LogP contribution in [-0.2, 0) is 16.1 Å². The van der Waals surface area contributed by atoms with E-state index in [9.17, 15) is 14.0 Å². The number of likely N-dealkylation sites (tertiary alicyclic amines) is 1. The minimum Gasteiger partial charge on any atom is -0.497 e. The normalized spacial score (nSPS) is 17.8. The predicted molar refractivity (Wildman–Crippen MR) is 112 cm³/mol. The molecule has 0 radical (unpaired) electrons. The van der Waals surface area contributed by atoms with Crippen LogP contribution in [-0.4, -0.2) is 41.8 Å². The molecule has 0 saturated carbocycles. The van der Waals surface area contributed by atoms with Gasteiger partial charge in [0, 0.05) is 13.1 Å². The van der Waals surface area contributed by atoms with Crippen LogP contribution < -0.4 is 4.74 Å². The molecule has 1 saturated heterocycles. The molecule has 156 valence electrons. The Morgan fingerprint density at radius 3 is 2.20 bits per heavy atom. The summed E-state index contributed by atoms with van der Waals surface area (Å²) in [5, 5.41) is 0. The lowest BCUT2D eigenvalue weighted by molar-refractivity contribution is -0.138. The van der Waals surface area contributed by atoms with Gasteiger partial charge in [0.05, 0.1) is 19.2 Å². The lowest BCUT2D eigenvalue weighted by Crippen LogP contribution is -2.38. The number of hydrogen-bond donors (Lipinski definition) is 0. The van der Waals surface area contributed by atoms with Crippen molar-refractivity contribution in [1.82, 2.24) is 9.80 Å². The van der Waals surface area contributed by atoms with Gasteiger partial charge in [-0.1, -0.05) is 31.2 Å². The number of carbonyl (C=O) groups excluding carboxylic acids is 2. The fourth-order valence-electron chi connectivity index (χ4n) is 4.02. The molecule has 2 aliphatic rings. The Morgan fingerprint density at radius 1 is 0.967 bits per heavy atom. The molecule has 2 heterocycles. The van der Waals surface area contributed by atoms with E-state index in [1.807, 2.05) is 17.0 Å². The Balaban J connectivity index is 1.70. The summed E-state index contributed by atoms with van der Waals surface area (Å²) < 4.78 is 18.5. The molecule has 0 spiro atoms. The molecule has 0 N–H and O–H groups in total. The first-order chi connectivity index (χ1) is 14.5. The van der Waals surface area contributed by atoms with Crippen molar-refractivity contribution in [2.45, 2.75) is 26.3 Å². The molecule has 0 aliphatic carbocycles. The van der Waals surface area contributed by atoms with Crippen LogP contribution in [0.1, 0.15) is 30.9 Å². The SMILES string of the molecule is COc1ccc(C2=C(N3CCC(C)CC3)C(=O)N(Cc3ccc(F)cc3)C2=O)cc1. The number of carbonyl (C=O) groups is 2. The third-order valence-electron chi connectivity index (χ3n) is 5.88. The van der Waals surface area contributed by atoms with Gasteiger partial charge in [0.15, 0.2) is 0 Å². The van der Waals surface area contributed by atoms with Crippen LogP contribution in [0.3, 0.4) is 0 Å². The molecule has 6 heteroatoms. The lowest BCUT2D eigenvalue weighted by atomic mass is 9.97. The maximum Gasteiger partial charge on any atom is 0.278 e. The van der Waals surface area contributed by atoms with E-state index in [1.54, 1.807) is 31.4 Å². The first kappa shape index (κ1) is 20.1. The number of amides is 2. The molecule has 0 atom stereocenters. The van der Waals surface area contributed by atoms with E-state index in [0.29, 0.717) is 34.1 Å². The lowest BCUT2D eigenvalue weighted by Gasteiger charge is -2.32. The second kappa shape index (κ2) is 8.30. The molecule has 0 unspecified atom stereocenters. The zero-order valence-electron chi connectivity index (χ0n) is 17.2. The Bertz CT molecular complexity index is 975. The third-order valence-corrected chi connectivity index (χ3v) is 5.88. The summed E-state index contributed by atoms with van der Waals surface area (Å²) in [6, 6.07) is 13.1. The van der Waals surface area contributed by atoms with Crippen molar-refractivity contribution in [2.75, 3.05) is 20.2 Å². The number of imide groups is 1. The zero-order valence-corrected chi connectivity index (χ0v) is 17.2. The number of rotatable bonds is 5. The Morgan fingerprint density at radius 2 is 1.60 bits per heavy atom. The second-order valence-corrected chi connectivity index (χ2v) is 7.94. The number of methoxy groups -OCH3 is 1. The molecule has 2 aliphatic heterocycles. The van der Waals surface area contributed by atoms with Gasteiger partial charge in [-0.15, -0.1) is 0 Å². The molecule has 1 fully saturated rings. The molecular formula is C24H25FN2O3. The van der Waals surface area contributed by atoms with E-state index < -0.39 is 0 Å². The summed E-state index contributed by atoms with van der Waals surface area (Å²) in [5.41, 5.74) is 2.31. The molecule has 30 heavy (non-hydrogen) atoms. The highest BCUT2D eigenvalue weighted by Crippen LogP contribution is 2.35. The van der Waals surface area contributed by atoms with Gasteiger partial charge >= 0.3 is 0 Å². The van der Waals surface area contributed by atoms with E-state index in [0.717, 1.165) is 25.9 Å². The van der Waals surface area contributed by atoms with Gasteiger partial charge in [0.1, 0.15) is 17.3 Å². The number of halogens is 1. The minimum absolute atomic E-state index is 0.116. The predicted octanol–water partition coefficient (Wildman–Crippen LogP) is 3.85. The zero-order chi connectivity index (χ0) is 21.3. The van der Waals surface area contributed by atoms with Crippen molar-refractivity contribution in [3.8, 4) is 5.75 Å². The number of nitrogens with zero attached hydrogens (tertiary/aromatic N) is 2. The van der Waals surface area contributed by atoms with Crippen LogP contribution in [0.15, 0.2) is 54.2 Å². The molecular weight excluding hydrogens is 383 g/mol. The van der Waals surface area contributed by atoms with E-state index >= 15 is 0 Å². The molecule has 0 aromatic heterocycles. The first-order valence-electron chi connectivity index (χ1n) is 10.2. The third kappa shape index (κ3) is 3.82. The van der Waals surface area contributed by atoms with Crippen molar-refractivity contribution in [3.05, 3.63) is 71.2 Å². The molecule has 2 aromatic rings. The summed E-state index contributed by atoms with van der Waals surface area (Å²) >= 11 is 0. The van der Waals surface area contributed by atoms with Gasteiger partial charge in [0.2, 0.25) is 0 Å². The number of piperidine rings is 1. The van der Waals surface area contributed by atoms with Crippen LogP contribution in [0.4, 0.5) is 4.39 Å². The summed E-state index contributed by atoms with van der Waals surface area (Å²) in [6.45, 7) is 3.82.